The molecule has 0 bridgehead atoms. The average molecular weight is 344 g/mol. The summed E-state index contributed by atoms with van der Waals surface area (Å²) in [4.78, 5) is 25.1. The van der Waals surface area contributed by atoms with E-state index in [4.69, 9.17) is 5.73 Å². The molecule has 1 aliphatic rings. The summed E-state index contributed by atoms with van der Waals surface area (Å²) in [6.45, 7) is 0.196. The fourth-order valence-electron chi connectivity index (χ4n) is 2.69. The van der Waals surface area contributed by atoms with Gasteiger partial charge in [0.15, 0.2) is 5.60 Å². The molecule has 0 spiro atoms. The van der Waals surface area contributed by atoms with Gasteiger partial charge in [-0.05, 0) is 37.0 Å². The van der Waals surface area contributed by atoms with E-state index in [-0.39, 0.29) is 19.4 Å². The van der Waals surface area contributed by atoms with Crippen molar-refractivity contribution in [2.24, 2.45) is 5.73 Å². The van der Waals surface area contributed by atoms with Gasteiger partial charge in [-0.2, -0.15) is 13.2 Å². The number of likely N-dealkylation sites (tertiary alicyclic amines) is 1. The fraction of sp³-hybridized carbons (Fsp3) is 0.500. The highest BCUT2D eigenvalue weighted by molar-refractivity contribution is 5.95. The van der Waals surface area contributed by atoms with E-state index >= 15 is 0 Å². The number of nitrogens with two attached hydrogens (primary N) is 1. The number of piperidine rings is 1. The lowest BCUT2D eigenvalue weighted by atomic mass is 9.91. The van der Waals surface area contributed by atoms with Crippen molar-refractivity contribution in [1.29, 1.82) is 0 Å². The van der Waals surface area contributed by atoms with Gasteiger partial charge in [-0.3, -0.25) is 9.59 Å². The Morgan fingerprint density at radius 3 is 2.42 bits per heavy atom. The summed E-state index contributed by atoms with van der Waals surface area (Å²) in [5.74, 6) is -1.26. The topological polar surface area (TPSA) is 83.6 Å². The predicted molar refractivity (Wildman–Crippen MR) is 80.1 cm³/mol. The van der Waals surface area contributed by atoms with E-state index in [2.05, 4.69) is 0 Å². The molecular formula is C16H19F3N2O3. The van der Waals surface area contributed by atoms with Crippen LogP contribution in [0.3, 0.4) is 0 Å². The monoisotopic (exact) mass is 344 g/mol. The molecule has 0 aliphatic carbocycles. The molecular weight excluding hydrogens is 325 g/mol. The summed E-state index contributed by atoms with van der Waals surface area (Å²) in [5, 5.41) is 10.1. The molecule has 132 valence electrons. The molecule has 3 N–H and O–H groups in total. The number of alkyl halides is 3. The minimum Gasteiger partial charge on any atom is -0.378 e. The van der Waals surface area contributed by atoms with E-state index in [0.717, 1.165) is 0 Å². The Balaban J connectivity index is 2.03. The third kappa shape index (κ3) is 4.47. The smallest absolute Gasteiger partial charge is 0.378 e. The Bertz CT molecular complexity index is 616. The lowest BCUT2D eigenvalue weighted by Crippen LogP contribution is -2.57. The zero-order valence-electron chi connectivity index (χ0n) is 13.0. The zero-order chi connectivity index (χ0) is 18.0. The summed E-state index contributed by atoms with van der Waals surface area (Å²) in [7, 11) is 0. The first-order chi connectivity index (χ1) is 11.1. The molecule has 2 amide bonds. The van der Waals surface area contributed by atoms with Crippen molar-refractivity contribution < 1.29 is 27.9 Å². The van der Waals surface area contributed by atoms with Crippen LogP contribution in [-0.4, -0.2) is 46.7 Å². The van der Waals surface area contributed by atoms with Gasteiger partial charge in [0, 0.05) is 18.5 Å². The summed E-state index contributed by atoms with van der Waals surface area (Å²) in [5.41, 5.74) is 4.21. The van der Waals surface area contributed by atoms with E-state index in [9.17, 15) is 27.9 Å². The van der Waals surface area contributed by atoms with Crippen LogP contribution in [0.1, 0.15) is 35.2 Å². The van der Waals surface area contributed by atoms with Gasteiger partial charge in [0.1, 0.15) is 0 Å². The number of β-amino-alcohol motifs (C(OH)–C–C–N with tert-alkyl or cyclic N) is 1. The Labute approximate surface area is 137 Å². The third-order valence-electron chi connectivity index (χ3n) is 4.11. The molecule has 24 heavy (non-hydrogen) atoms. The maximum Gasteiger partial charge on any atom is 0.389 e. The number of nitrogens with zero attached hydrogens (tertiary/aromatic N) is 1. The second kappa shape index (κ2) is 6.80. The van der Waals surface area contributed by atoms with Crippen LogP contribution in [0, 0.1) is 0 Å². The molecule has 1 aromatic rings. The second-order valence-electron chi connectivity index (χ2n) is 6.04. The zero-order valence-corrected chi connectivity index (χ0v) is 13.0. The van der Waals surface area contributed by atoms with Gasteiger partial charge in [-0.1, -0.05) is 12.1 Å². The van der Waals surface area contributed by atoms with E-state index in [1.54, 1.807) is 0 Å². The van der Waals surface area contributed by atoms with Crippen molar-refractivity contribution >= 4 is 11.8 Å². The van der Waals surface area contributed by atoms with Crippen LogP contribution in [0.15, 0.2) is 24.3 Å². The van der Waals surface area contributed by atoms with Crippen molar-refractivity contribution in [3.8, 4) is 0 Å². The number of carbonyl (C=O) groups excluding carboxylic acids is 2. The Morgan fingerprint density at radius 1 is 1.25 bits per heavy atom. The molecule has 8 heteroatoms. The molecule has 0 radical (unpaired) electrons. The van der Waals surface area contributed by atoms with Crippen molar-refractivity contribution in [2.75, 3.05) is 13.1 Å². The standard InChI is InChI=1S/C16H19F3N2O3/c17-16(18,19)8-6-11-2-4-12(5-3-11)13(22)21-9-1-7-15(24,10-21)14(20)23/h2-5,24H,1,6-10H2,(H2,20,23). The number of rotatable bonds is 4. The van der Waals surface area contributed by atoms with Crippen molar-refractivity contribution in [2.45, 2.75) is 37.5 Å². The summed E-state index contributed by atoms with van der Waals surface area (Å²) >= 11 is 0. The summed E-state index contributed by atoms with van der Waals surface area (Å²) < 4.78 is 36.6. The van der Waals surface area contributed by atoms with Crippen LogP contribution < -0.4 is 5.73 Å². The molecule has 2 rings (SSSR count). The molecule has 1 atom stereocenters. The van der Waals surface area contributed by atoms with Crippen molar-refractivity contribution in [3.63, 3.8) is 0 Å². The Morgan fingerprint density at radius 2 is 1.88 bits per heavy atom. The normalized spacial score (nSPS) is 21.6. The first-order valence-electron chi connectivity index (χ1n) is 7.58. The predicted octanol–water partition coefficient (Wildman–Crippen LogP) is 1.63. The largest absolute Gasteiger partial charge is 0.389 e. The van der Waals surface area contributed by atoms with E-state index in [1.807, 2.05) is 0 Å². The molecule has 1 unspecified atom stereocenters. The molecule has 1 fully saturated rings. The maximum absolute atomic E-state index is 12.4. The van der Waals surface area contributed by atoms with Gasteiger partial charge in [-0.25, -0.2) is 0 Å². The van der Waals surface area contributed by atoms with Crippen LogP contribution in [0.2, 0.25) is 0 Å². The molecule has 0 aromatic heterocycles. The summed E-state index contributed by atoms with van der Waals surface area (Å²) in [6.07, 6.45) is -4.65. The highest BCUT2D eigenvalue weighted by Gasteiger charge is 2.40. The SMILES string of the molecule is NC(=O)C1(O)CCCN(C(=O)c2ccc(CCC(F)(F)F)cc2)C1. The van der Waals surface area contributed by atoms with Gasteiger partial charge >= 0.3 is 6.18 Å². The van der Waals surface area contributed by atoms with E-state index in [0.29, 0.717) is 24.1 Å². The fourth-order valence-corrected chi connectivity index (χ4v) is 2.69. The Hall–Kier alpha value is -2.09. The quantitative estimate of drug-likeness (QED) is 0.871. The van der Waals surface area contributed by atoms with Gasteiger partial charge in [-0.15, -0.1) is 0 Å². The number of aryl methyl sites for hydroxylation is 1. The molecule has 1 heterocycles. The number of amides is 2. The lowest BCUT2D eigenvalue weighted by molar-refractivity contribution is -0.140. The van der Waals surface area contributed by atoms with Crippen LogP contribution in [0.4, 0.5) is 13.2 Å². The number of halogens is 3. The second-order valence-corrected chi connectivity index (χ2v) is 6.04. The maximum atomic E-state index is 12.4. The number of hydrogen-bond acceptors (Lipinski definition) is 3. The summed E-state index contributed by atoms with van der Waals surface area (Å²) in [6, 6.07) is 5.85. The molecule has 1 aromatic carbocycles. The molecule has 5 nitrogen and oxygen atoms in total. The van der Waals surface area contributed by atoms with Crippen LogP contribution in [-0.2, 0) is 11.2 Å². The van der Waals surface area contributed by atoms with Crippen molar-refractivity contribution in [1.82, 2.24) is 4.90 Å². The lowest BCUT2D eigenvalue weighted by Gasteiger charge is -2.37. The van der Waals surface area contributed by atoms with Gasteiger partial charge in [0.25, 0.3) is 11.8 Å². The van der Waals surface area contributed by atoms with Gasteiger partial charge in [0.05, 0.1) is 6.54 Å². The first kappa shape index (κ1) is 18.3. The first-order valence-corrected chi connectivity index (χ1v) is 7.58. The molecule has 0 saturated carbocycles. The van der Waals surface area contributed by atoms with Crippen LogP contribution >= 0.6 is 0 Å². The minimum absolute atomic E-state index is 0.150. The van der Waals surface area contributed by atoms with Crippen LogP contribution in [0.25, 0.3) is 0 Å². The number of benzene rings is 1. The number of hydrogen-bond donors (Lipinski definition) is 2. The van der Waals surface area contributed by atoms with Crippen LogP contribution in [0.5, 0.6) is 0 Å². The van der Waals surface area contributed by atoms with Crippen molar-refractivity contribution in [3.05, 3.63) is 35.4 Å². The molecule has 1 saturated heterocycles. The van der Waals surface area contributed by atoms with E-state index in [1.165, 1.54) is 29.2 Å². The third-order valence-corrected chi connectivity index (χ3v) is 4.11. The van der Waals surface area contributed by atoms with Gasteiger partial charge < -0.3 is 15.7 Å². The van der Waals surface area contributed by atoms with Gasteiger partial charge in [0.2, 0.25) is 0 Å². The highest BCUT2D eigenvalue weighted by Crippen LogP contribution is 2.24. The van der Waals surface area contributed by atoms with E-state index < -0.39 is 30.0 Å². The minimum atomic E-state index is -4.22. The Kier molecular flexibility index (Phi) is 5.17. The number of carbonyl (C=O) groups is 2. The average Bonchev–Trinajstić information content (AvgIpc) is 2.52. The number of primary amides is 1. The molecule has 1 aliphatic heterocycles. The highest BCUT2D eigenvalue weighted by atomic mass is 19.4. The number of aliphatic hydroxyl groups is 1.